The van der Waals surface area contributed by atoms with Crippen LogP contribution in [-0.2, 0) is 0 Å². The van der Waals surface area contributed by atoms with Crippen LogP contribution in [0.25, 0.3) is 0 Å². The van der Waals surface area contributed by atoms with Crippen molar-refractivity contribution in [3.8, 4) is 0 Å². The van der Waals surface area contributed by atoms with E-state index in [4.69, 9.17) is 5.73 Å². The van der Waals surface area contributed by atoms with Crippen LogP contribution in [0.15, 0.2) is 5.10 Å². The fourth-order valence-corrected chi connectivity index (χ4v) is 0.872. The van der Waals surface area contributed by atoms with Crippen LogP contribution < -0.4 is 11.2 Å². The Balaban J connectivity index is 3.78. The molecular formula is C8H17N3S. The second kappa shape index (κ2) is 7.03. The largest absolute Gasteiger partial charge is 0.375 e. The summed E-state index contributed by atoms with van der Waals surface area (Å²) in [6.07, 6.45) is 4.34. The third-order valence-electron chi connectivity index (χ3n) is 1.55. The lowest BCUT2D eigenvalue weighted by molar-refractivity contribution is 0.817. The van der Waals surface area contributed by atoms with E-state index < -0.39 is 0 Å². The molecule has 0 aromatic rings. The van der Waals surface area contributed by atoms with Crippen LogP contribution in [0.2, 0.25) is 0 Å². The Morgan fingerprint density at radius 3 is 2.58 bits per heavy atom. The SMILES string of the molecule is CCCC/C(CC)=N\NC(N)=S. The molecule has 12 heavy (non-hydrogen) atoms. The molecule has 0 fully saturated rings. The van der Waals surface area contributed by atoms with Crippen LogP contribution >= 0.6 is 12.2 Å². The molecule has 0 rings (SSSR count). The molecule has 0 saturated heterocycles. The zero-order valence-corrected chi connectivity index (χ0v) is 8.58. The molecule has 0 saturated carbocycles. The van der Waals surface area contributed by atoms with Crippen molar-refractivity contribution >= 4 is 23.0 Å². The van der Waals surface area contributed by atoms with E-state index in [0.717, 1.165) is 18.6 Å². The van der Waals surface area contributed by atoms with Crippen molar-refractivity contribution in [3.63, 3.8) is 0 Å². The van der Waals surface area contributed by atoms with E-state index in [1.54, 1.807) is 0 Å². The normalized spacial score (nSPS) is 11.3. The number of thiocarbonyl (C=S) groups is 1. The van der Waals surface area contributed by atoms with Gasteiger partial charge in [0.25, 0.3) is 0 Å². The van der Waals surface area contributed by atoms with E-state index in [0.29, 0.717) is 0 Å². The summed E-state index contributed by atoms with van der Waals surface area (Å²) in [5, 5.41) is 4.31. The van der Waals surface area contributed by atoms with Gasteiger partial charge in [-0.05, 0) is 31.5 Å². The third kappa shape index (κ3) is 6.09. The molecule has 0 amide bonds. The summed E-state index contributed by atoms with van der Waals surface area (Å²) in [4.78, 5) is 0. The molecule has 0 radical (unpaired) electrons. The van der Waals surface area contributed by atoms with Crippen molar-refractivity contribution in [3.05, 3.63) is 0 Å². The van der Waals surface area contributed by atoms with Crippen molar-refractivity contribution in [1.29, 1.82) is 0 Å². The number of hydrogen-bond donors (Lipinski definition) is 2. The van der Waals surface area contributed by atoms with Crippen molar-refractivity contribution < 1.29 is 0 Å². The number of hydrogen-bond acceptors (Lipinski definition) is 2. The number of nitrogens with two attached hydrogens (primary N) is 1. The first-order valence-electron chi connectivity index (χ1n) is 4.31. The summed E-state index contributed by atoms with van der Waals surface area (Å²) in [7, 11) is 0. The predicted molar refractivity (Wildman–Crippen MR) is 57.2 cm³/mol. The quantitative estimate of drug-likeness (QED) is 0.392. The van der Waals surface area contributed by atoms with E-state index >= 15 is 0 Å². The fourth-order valence-electron chi connectivity index (χ4n) is 0.827. The van der Waals surface area contributed by atoms with Crippen molar-refractivity contribution in [1.82, 2.24) is 5.43 Å². The van der Waals surface area contributed by atoms with Gasteiger partial charge in [-0.3, -0.25) is 5.43 Å². The van der Waals surface area contributed by atoms with Crippen molar-refractivity contribution in [2.75, 3.05) is 0 Å². The molecule has 4 heteroatoms. The Bertz CT molecular complexity index is 166. The van der Waals surface area contributed by atoms with Gasteiger partial charge >= 0.3 is 0 Å². The molecule has 0 aliphatic carbocycles. The number of nitrogens with one attached hydrogen (secondary N) is 1. The summed E-state index contributed by atoms with van der Waals surface area (Å²) in [5.74, 6) is 0. The molecule has 0 unspecified atom stereocenters. The minimum absolute atomic E-state index is 0.234. The van der Waals surface area contributed by atoms with Gasteiger partial charge in [0.15, 0.2) is 5.11 Å². The van der Waals surface area contributed by atoms with E-state index in [9.17, 15) is 0 Å². The lowest BCUT2D eigenvalue weighted by atomic mass is 10.1. The molecule has 70 valence electrons. The highest BCUT2D eigenvalue weighted by Crippen LogP contribution is 1.99. The van der Waals surface area contributed by atoms with Crippen LogP contribution in [0.3, 0.4) is 0 Å². The molecule has 0 aromatic carbocycles. The highest BCUT2D eigenvalue weighted by molar-refractivity contribution is 7.80. The molecule has 3 nitrogen and oxygen atoms in total. The van der Waals surface area contributed by atoms with Gasteiger partial charge in [-0.25, -0.2) is 0 Å². The van der Waals surface area contributed by atoms with Crippen LogP contribution in [0.4, 0.5) is 0 Å². The van der Waals surface area contributed by atoms with Gasteiger partial charge in [-0.2, -0.15) is 5.10 Å². The molecule has 0 heterocycles. The zero-order chi connectivity index (χ0) is 9.40. The molecule has 0 aromatic heterocycles. The van der Waals surface area contributed by atoms with Crippen LogP contribution in [0.5, 0.6) is 0 Å². The highest BCUT2D eigenvalue weighted by atomic mass is 32.1. The Morgan fingerprint density at radius 2 is 2.17 bits per heavy atom. The summed E-state index contributed by atoms with van der Waals surface area (Å²) >= 11 is 4.63. The van der Waals surface area contributed by atoms with Gasteiger partial charge < -0.3 is 5.73 Å². The molecule has 3 N–H and O–H groups in total. The van der Waals surface area contributed by atoms with E-state index in [1.807, 2.05) is 0 Å². The first-order chi connectivity index (χ1) is 5.70. The van der Waals surface area contributed by atoms with Gasteiger partial charge in [0.2, 0.25) is 0 Å². The number of rotatable bonds is 5. The summed E-state index contributed by atoms with van der Waals surface area (Å²) in [5.41, 5.74) is 8.97. The fraction of sp³-hybridized carbons (Fsp3) is 0.750. The number of nitrogens with zero attached hydrogens (tertiary/aromatic N) is 1. The Labute approximate surface area is 79.4 Å². The Kier molecular flexibility index (Phi) is 6.66. The Morgan fingerprint density at radius 1 is 1.50 bits per heavy atom. The molecule has 0 spiro atoms. The molecule has 0 aliphatic heterocycles. The van der Waals surface area contributed by atoms with Crippen LogP contribution in [0, 0.1) is 0 Å². The standard InChI is InChI=1S/C8H17N3S/c1-3-5-6-7(4-2)10-11-8(9)12/h3-6H2,1-2H3,(H3,9,11,12)/b10-7-. The lowest BCUT2D eigenvalue weighted by Crippen LogP contribution is -2.25. The minimum Gasteiger partial charge on any atom is -0.375 e. The van der Waals surface area contributed by atoms with Gasteiger partial charge in [0, 0.05) is 5.71 Å². The second-order valence-corrected chi connectivity index (χ2v) is 3.05. The zero-order valence-electron chi connectivity index (χ0n) is 7.76. The van der Waals surface area contributed by atoms with E-state index in [2.05, 4.69) is 36.6 Å². The number of unbranched alkanes of at least 4 members (excludes halogenated alkanes) is 1. The average molecular weight is 187 g/mol. The third-order valence-corrected chi connectivity index (χ3v) is 1.64. The predicted octanol–water partition coefficient (Wildman–Crippen LogP) is 1.78. The summed E-state index contributed by atoms with van der Waals surface area (Å²) in [6, 6.07) is 0. The first-order valence-corrected chi connectivity index (χ1v) is 4.72. The first kappa shape index (κ1) is 11.4. The monoisotopic (exact) mass is 187 g/mol. The molecular weight excluding hydrogens is 170 g/mol. The van der Waals surface area contributed by atoms with E-state index in [-0.39, 0.29) is 5.11 Å². The molecule has 0 atom stereocenters. The van der Waals surface area contributed by atoms with Gasteiger partial charge in [-0.1, -0.05) is 20.3 Å². The summed E-state index contributed by atoms with van der Waals surface area (Å²) < 4.78 is 0. The van der Waals surface area contributed by atoms with Gasteiger partial charge in [0.05, 0.1) is 0 Å². The minimum atomic E-state index is 0.234. The lowest BCUT2D eigenvalue weighted by Gasteiger charge is -2.02. The molecule has 0 aliphatic rings. The molecule has 0 bridgehead atoms. The van der Waals surface area contributed by atoms with Crippen molar-refractivity contribution in [2.45, 2.75) is 39.5 Å². The maximum Gasteiger partial charge on any atom is 0.184 e. The van der Waals surface area contributed by atoms with Gasteiger partial charge in [-0.15, -0.1) is 0 Å². The summed E-state index contributed by atoms with van der Waals surface area (Å²) in [6.45, 7) is 4.24. The maximum absolute atomic E-state index is 5.24. The highest BCUT2D eigenvalue weighted by Gasteiger charge is 1.95. The van der Waals surface area contributed by atoms with Crippen LogP contribution in [-0.4, -0.2) is 10.8 Å². The van der Waals surface area contributed by atoms with Gasteiger partial charge in [0.1, 0.15) is 0 Å². The van der Waals surface area contributed by atoms with Crippen LogP contribution in [0.1, 0.15) is 39.5 Å². The van der Waals surface area contributed by atoms with E-state index in [1.165, 1.54) is 12.8 Å². The average Bonchev–Trinajstić information content (AvgIpc) is 2.05. The smallest absolute Gasteiger partial charge is 0.184 e. The topological polar surface area (TPSA) is 50.4 Å². The Hall–Kier alpha value is -0.640. The second-order valence-electron chi connectivity index (χ2n) is 2.61. The maximum atomic E-state index is 5.24. The number of hydrazone groups is 1. The van der Waals surface area contributed by atoms with Crippen molar-refractivity contribution in [2.24, 2.45) is 10.8 Å².